The lowest BCUT2D eigenvalue weighted by atomic mass is 10.1. The predicted octanol–water partition coefficient (Wildman–Crippen LogP) is 4.46. The smallest absolute Gasteiger partial charge is 0.119 e. The van der Waals surface area contributed by atoms with Crippen LogP contribution in [0.5, 0.6) is 5.75 Å². The van der Waals surface area contributed by atoms with E-state index in [1.807, 2.05) is 0 Å². The molecular weight excluding hydrogens is 222 g/mol. The molecule has 2 rings (SSSR count). The van der Waals surface area contributed by atoms with Gasteiger partial charge in [-0.2, -0.15) is 0 Å². The summed E-state index contributed by atoms with van der Waals surface area (Å²) in [6.07, 6.45) is 5.56. The lowest BCUT2D eigenvalue weighted by molar-refractivity contribution is 0.242. The Morgan fingerprint density at radius 1 is 1.22 bits per heavy atom. The fourth-order valence-corrected chi connectivity index (χ4v) is 2.71. The highest BCUT2D eigenvalue weighted by Gasteiger charge is 2.22. The Kier molecular flexibility index (Phi) is 4.51. The fourth-order valence-electron chi connectivity index (χ4n) is 2.71. The van der Waals surface area contributed by atoms with Crippen molar-refractivity contribution in [3.63, 3.8) is 0 Å². The Bertz CT molecular complexity index is 358. The molecule has 18 heavy (non-hydrogen) atoms. The van der Waals surface area contributed by atoms with Crippen molar-refractivity contribution in [2.75, 3.05) is 5.32 Å². The van der Waals surface area contributed by atoms with Gasteiger partial charge in [-0.3, -0.25) is 0 Å². The van der Waals surface area contributed by atoms with Crippen LogP contribution in [0, 0.1) is 5.92 Å². The van der Waals surface area contributed by atoms with Crippen LogP contribution in [0.25, 0.3) is 0 Å². The van der Waals surface area contributed by atoms with E-state index in [0.29, 0.717) is 6.04 Å². The van der Waals surface area contributed by atoms with Crippen LogP contribution in [-0.4, -0.2) is 12.1 Å². The summed E-state index contributed by atoms with van der Waals surface area (Å²) < 4.78 is 5.65. The van der Waals surface area contributed by atoms with Gasteiger partial charge in [0.15, 0.2) is 0 Å². The quantitative estimate of drug-likeness (QED) is 0.829. The first-order chi connectivity index (χ1) is 8.67. The fraction of sp³-hybridized carbons (Fsp3) is 0.625. The van der Waals surface area contributed by atoms with Gasteiger partial charge in [0.25, 0.3) is 0 Å². The van der Waals surface area contributed by atoms with Crippen LogP contribution in [-0.2, 0) is 0 Å². The van der Waals surface area contributed by atoms with Crippen LogP contribution in [0.2, 0.25) is 0 Å². The van der Waals surface area contributed by atoms with Gasteiger partial charge in [0.1, 0.15) is 5.75 Å². The summed E-state index contributed by atoms with van der Waals surface area (Å²) in [4.78, 5) is 0. The summed E-state index contributed by atoms with van der Waals surface area (Å²) >= 11 is 0. The maximum atomic E-state index is 5.65. The minimum Gasteiger partial charge on any atom is -0.491 e. The number of ether oxygens (including phenoxy) is 1. The molecule has 1 aromatic rings. The summed E-state index contributed by atoms with van der Waals surface area (Å²) in [5.74, 6) is 1.87. The largest absolute Gasteiger partial charge is 0.491 e. The van der Waals surface area contributed by atoms with E-state index in [0.717, 1.165) is 11.7 Å². The highest BCUT2D eigenvalue weighted by molar-refractivity contribution is 5.47. The number of benzene rings is 1. The number of hydrogen-bond donors (Lipinski definition) is 1. The molecule has 1 N–H and O–H groups in total. The van der Waals surface area contributed by atoms with Crippen molar-refractivity contribution in [2.24, 2.45) is 5.92 Å². The standard InChI is InChI=1S/C16H25NO/c1-4-13-5-6-15(11-13)17-14-7-9-16(10-8-14)18-12(2)3/h7-10,12-13,15,17H,4-6,11H2,1-3H3. The van der Waals surface area contributed by atoms with E-state index in [2.05, 4.69) is 50.4 Å². The third-order valence-corrected chi connectivity index (χ3v) is 3.72. The van der Waals surface area contributed by atoms with Crippen molar-refractivity contribution in [3.05, 3.63) is 24.3 Å². The van der Waals surface area contributed by atoms with E-state index in [1.165, 1.54) is 31.4 Å². The predicted molar refractivity (Wildman–Crippen MR) is 77.2 cm³/mol. The Morgan fingerprint density at radius 3 is 2.50 bits per heavy atom. The number of hydrogen-bond acceptors (Lipinski definition) is 2. The summed E-state index contributed by atoms with van der Waals surface area (Å²) in [6.45, 7) is 6.40. The number of rotatable bonds is 5. The van der Waals surface area contributed by atoms with E-state index in [1.54, 1.807) is 0 Å². The number of anilines is 1. The second-order valence-corrected chi connectivity index (χ2v) is 5.62. The maximum absolute atomic E-state index is 5.65. The van der Waals surface area contributed by atoms with E-state index >= 15 is 0 Å². The van der Waals surface area contributed by atoms with Crippen molar-refractivity contribution in [3.8, 4) is 5.75 Å². The topological polar surface area (TPSA) is 21.3 Å². The molecule has 0 amide bonds. The molecule has 0 aromatic heterocycles. The molecule has 1 aromatic carbocycles. The van der Waals surface area contributed by atoms with Crippen LogP contribution in [0.3, 0.4) is 0 Å². The lowest BCUT2D eigenvalue weighted by Gasteiger charge is -2.15. The van der Waals surface area contributed by atoms with E-state index < -0.39 is 0 Å². The molecule has 2 unspecified atom stereocenters. The summed E-state index contributed by atoms with van der Waals surface area (Å²) in [5, 5.41) is 3.63. The normalized spacial score (nSPS) is 23.3. The monoisotopic (exact) mass is 247 g/mol. The maximum Gasteiger partial charge on any atom is 0.119 e. The Hall–Kier alpha value is -1.18. The second kappa shape index (κ2) is 6.12. The summed E-state index contributed by atoms with van der Waals surface area (Å²) in [6, 6.07) is 9.00. The number of nitrogens with one attached hydrogen (secondary N) is 1. The molecule has 0 spiro atoms. The van der Waals surface area contributed by atoms with Crippen molar-refractivity contribution in [1.82, 2.24) is 0 Å². The van der Waals surface area contributed by atoms with Crippen molar-refractivity contribution >= 4 is 5.69 Å². The van der Waals surface area contributed by atoms with Crippen LogP contribution in [0.4, 0.5) is 5.69 Å². The average molecular weight is 247 g/mol. The van der Waals surface area contributed by atoms with Gasteiger partial charge < -0.3 is 10.1 Å². The molecule has 100 valence electrons. The third-order valence-electron chi connectivity index (χ3n) is 3.72. The van der Waals surface area contributed by atoms with Crippen molar-refractivity contribution in [1.29, 1.82) is 0 Å². The van der Waals surface area contributed by atoms with E-state index in [4.69, 9.17) is 4.74 Å². The molecule has 0 heterocycles. The SMILES string of the molecule is CCC1CCC(Nc2ccc(OC(C)C)cc2)C1. The Balaban J connectivity index is 1.87. The average Bonchev–Trinajstić information content (AvgIpc) is 2.79. The molecular formula is C16H25NO. The van der Waals surface area contributed by atoms with Crippen molar-refractivity contribution < 1.29 is 4.74 Å². The Labute approximate surface area is 111 Å². The molecule has 2 atom stereocenters. The highest BCUT2D eigenvalue weighted by atomic mass is 16.5. The molecule has 0 aliphatic heterocycles. The molecule has 0 bridgehead atoms. The van der Waals surface area contributed by atoms with E-state index in [9.17, 15) is 0 Å². The van der Waals surface area contributed by atoms with Crippen LogP contribution >= 0.6 is 0 Å². The molecule has 1 aliphatic rings. The van der Waals surface area contributed by atoms with Gasteiger partial charge in [0.05, 0.1) is 6.10 Å². The third kappa shape index (κ3) is 3.66. The zero-order valence-electron chi connectivity index (χ0n) is 11.8. The van der Waals surface area contributed by atoms with Gasteiger partial charge >= 0.3 is 0 Å². The van der Waals surface area contributed by atoms with Gasteiger partial charge in [-0.15, -0.1) is 0 Å². The zero-order valence-corrected chi connectivity index (χ0v) is 11.8. The van der Waals surface area contributed by atoms with E-state index in [-0.39, 0.29) is 6.10 Å². The van der Waals surface area contributed by atoms with Crippen LogP contribution in [0.1, 0.15) is 46.5 Å². The summed E-state index contributed by atoms with van der Waals surface area (Å²) in [7, 11) is 0. The Morgan fingerprint density at radius 2 is 1.94 bits per heavy atom. The lowest BCUT2D eigenvalue weighted by Crippen LogP contribution is -2.15. The van der Waals surface area contributed by atoms with Crippen LogP contribution < -0.4 is 10.1 Å². The van der Waals surface area contributed by atoms with Gasteiger partial charge in [-0.05, 0) is 63.3 Å². The molecule has 2 nitrogen and oxygen atoms in total. The minimum atomic E-state index is 0.240. The van der Waals surface area contributed by atoms with Gasteiger partial charge in [0, 0.05) is 11.7 Å². The first kappa shape index (κ1) is 13.3. The van der Waals surface area contributed by atoms with Crippen LogP contribution in [0.15, 0.2) is 24.3 Å². The highest BCUT2D eigenvalue weighted by Crippen LogP contribution is 2.30. The first-order valence-corrected chi connectivity index (χ1v) is 7.20. The molecule has 1 fully saturated rings. The van der Waals surface area contributed by atoms with Crippen molar-refractivity contribution in [2.45, 2.75) is 58.6 Å². The molecule has 0 saturated heterocycles. The van der Waals surface area contributed by atoms with Gasteiger partial charge in [0.2, 0.25) is 0 Å². The van der Waals surface area contributed by atoms with Gasteiger partial charge in [-0.1, -0.05) is 13.3 Å². The molecule has 0 radical (unpaired) electrons. The molecule has 1 aliphatic carbocycles. The van der Waals surface area contributed by atoms with Gasteiger partial charge in [-0.25, -0.2) is 0 Å². The zero-order chi connectivity index (χ0) is 13.0. The molecule has 1 saturated carbocycles. The first-order valence-electron chi connectivity index (χ1n) is 7.20. The molecule has 2 heteroatoms. The minimum absolute atomic E-state index is 0.240. The summed E-state index contributed by atoms with van der Waals surface area (Å²) in [5.41, 5.74) is 1.22. The second-order valence-electron chi connectivity index (χ2n) is 5.62.